The highest BCUT2D eigenvalue weighted by atomic mass is 16.2. The van der Waals surface area contributed by atoms with Gasteiger partial charge in [0.05, 0.1) is 0 Å². The normalized spacial score (nSPS) is 26.7. The third-order valence-electron chi connectivity index (χ3n) is 2.12. The van der Waals surface area contributed by atoms with E-state index in [1.807, 2.05) is 0 Å². The molecule has 0 aromatic rings. The van der Waals surface area contributed by atoms with Gasteiger partial charge in [0.1, 0.15) is 0 Å². The second kappa shape index (κ2) is 4.69. The van der Waals surface area contributed by atoms with Crippen LogP contribution in [0.4, 0.5) is 0 Å². The van der Waals surface area contributed by atoms with Crippen LogP contribution in [-0.2, 0) is 0 Å². The van der Waals surface area contributed by atoms with Crippen LogP contribution in [0.1, 0.15) is 32.1 Å². The molecule has 1 fully saturated rings. The molecule has 0 amide bonds. The fourth-order valence-corrected chi connectivity index (χ4v) is 1.51. The highest BCUT2D eigenvalue weighted by Crippen LogP contribution is 2.10. The molecule has 60 valence electrons. The summed E-state index contributed by atoms with van der Waals surface area (Å²) < 4.78 is 0. The van der Waals surface area contributed by atoms with Crippen LogP contribution in [0.5, 0.6) is 0 Å². The lowest BCUT2D eigenvalue weighted by Gasteiger charge is -2.22. The Bertz CT molecular complexity index is 79.3. The van der Waals surface area contributed by atoms with Gasteiger partial charge in [-0.3, -0.25) is 0 Å². The van der Waals surface area contributed by atoms with Crippen LogP contribution >= 0.6 is 0 Å². The van der Waals surface area contributed by atoms with Crippen molar-refractivity contribution in [1.29, 1.82) is 0 Å². The molecule has 0 spiro atoms. The molecule has 0 aliphatic carbocycles. The fraction of sp³-hybridized carbons (Fsp3) is 1.00. The monoisotopic (exact) mass is 143 g/mol. The van der Waals surface area contributed by atoms with Gasteiger partial charge in [0.25, 0.3) is 0 Å². The smallest absolute Gasteiger partial charge is 0.0431 e. The maximum atomic E-state index is 8.57. The van der Waals surface area contributed by atoms with Gasteiger partial charge < -0.3 is 10.4 Å². The molecule has 1 rings (SSSR count). The van der Waals surface area contributed by atoms with Crippen LogP contribution in [0.3, 0.4) is 0 Å². The van der Waals surface area contributed by atoms with E-state index >= 15 is 0 Å². The van der Waals surface area contributed by atoms with Gasteiger partial charge in [0.2, 0.25) is 0 Å². The Labute approximate surface area is 62.6 Å². The van der Waals surface area contributed by atoms with Crippen molar-refractivity contribution in [2.45, 2.75) is 38.1 Å². The Kier molecular flexibility index (Phi) is 3.76. The van der Waals surface area contributed by atoms with Crippen molar-refractivity contribution >= 4 is 0 Å². The first-order chi connectivity index (χ1) is 4.93. The van der Waals surface area contributed by atoms with Gasteiger partial charge in [-0.1, -0.05) is 6.42 Å². The van der Waals surface area contributed by atoms with Gasteiger partial charge >= 0.3 is 0 Å². The summed E-state index contributed by atoms with van der Waals surface area (Å²) in [6.45, 7) is 1.52. The maximum Gasteiger partial charge on any atom is 0.0431 e. The van der Waals surface area contributed by atoms with Gasteiger partial charge in [-0.15, -0.1) is 0 Å². The average molecular weight is 143 g/mol. The summed E-state index contributed by atoms with van der Waals surface area (Å²) in [5.41, 5.74) is 0. The number of piperidine rings is 1. The lowest BCUT2D eigenvalue weighted by atomic mass is 10.0. The van der Waals surface area contributed by atoms with Crippen LogP contribution in [0.25, 0.3) is 0 Å². The van der Waals surface area contributed by atoms with Crippen molar-refractivity contribution < 1.29 is 5.11 Å². The van der Waals surface area contributed by atoms with E-state index in [1.54, 1.807) is 0 Å². The molecule has 2 heteroatoms. The zero-order valence-electron chi connectivity index (χ0n) is 6.47. The number of nitrogens with one attached hydrogen (secondary N) is 1. The van der Waals surface area contributed by atoms with E-state index < -0.39 is 0 Å². The van der Waals surface area contributed by atoms with Gasteiger partial charge in [0, 0.05) is 12.6 Å². The number of hydrogen-bond donors (Lipinski definition) is 2. The molecule has 0 aromatic heterocycles. The van der Waals surface area contributed by atoms with Gasteiger partial charge in [-0.25, -0.2) is 0 Å². The Balaban J connectivity index is 2.02. The van der Waals surface area contributed by atoms with Gasteiger partial charge in [-0.2, -0.15) is 0 Å². The topological polar surface area (TPSA) is 32.3 Å². The predicted molar refractivity (Wildman–Crippen MR) is 42.0 cm³/mol. The third-order valence-corrected chi connectivity index (χ3v) is 2.12. The highest BCUT2D eigenvalue weighted by Gasteiger charge is 2.10. The van der Waals surface area contributed by atoms with E-state index in [9.17, 15) is 0 Å². The second-order valence-electron chi connectivity index (χ2n) is 3.01. The largest absolute Gasteiger partial charge is 0.396 e. The van der Waals surface area contributed by atoms with Crippen LogP contribution in [0, 0.1) is 0 Å². The summed E-state index contributed by atoms with van der Waals surface area (Å²) in [5.74, 6) is 0. The maximum absolute atomic E-state index is 8.57. The standard InChI is InChI=1S/C8H17NO/c10-7-3-5-8-4-1-2-6-9-8/h8-10H,1-7H2/t8-/m1/s1. The number of hydrogen-bond acceptors (Lipinski definition) is 2. The molecule has 1 aliphatic heterocycles. The zero-order chi connectivity index (χ0) is 7.23. The number of aliphatic hydroxyl groups excluding tert-OH is 1. The molecule has 0 unspecified atom stereocenters. The summed E-state index contributed by atoms with van der Waals surface area (Å²) in [4.78, 5) is 0. The van der Waals surface area contributed by atoms with E-state index in [1.165, 1.54) is 25.8 Å². The van der Waals surface area contributed by atoms with Crippen molar-refractivity contribution in [2.75, 3.05) is 13.2 Å². The van der Waals surface area contributed by atoms with Crippen molar-refractivity contribution in [3.63, 3.8) is 0 Å². The predicted octanol–water partition coefficient (Wildman–Crippen LogP) is 0.901. The molecule has 1 heterocycles. The molecule has 1 atom stereocenters. The summed E-state index contributed by atoms with van der Waals surface area (Å²) in [7, 11) is 0. The molecule has 0 saturated carbocycles. The quantitative estimate of drug-likeness (QED) is 0.615. The molecule has 1 saturated heterocycles. The van der Waals surface area contributed by atoms with E-state index in [0.29, 0.717) is 12.6 Å². The first-order valence-electron chi connectivity index (χ1n) is 4.27. The van der Waals surface area contributed by atoms with Crippen molar-refractivity contribution in [3.8, 4) is 0 Å². The molecule has 0 bridgehead atoms. The molecule has 0 radical (unpaired) electrons. The summed E-state index contributed by atoms with van der Waals surface area (Å²) in [6.07, 6.45) is 6.10. The van der Waals surface area contributed by atoms with E-state index in [-0.39, 0.29) is 0 Å². The lowest BCUT2D eigenvalue weighted by molar-refractivity contribution is 0.266. The van der Waals surface area contributed by atoms with E-state index in [0.717, 1.165) is 12.8 Å². The number of rotatable bonds is 3. The minimum Gasteiger partial charge on any atom is -0.396 e. The Morgan fingerprint density at radius 1 is 1.40 bits per heavy atom. The number of aliphatic hydroxyl groups is 1. The van der Waals surface area contributed by atoms with Gasteiger partial charge in [0.15, 0.2) is 0 Å². The highest BCUT2D eigenvalue weighted by molar-refractivity contribution is 4.71. The Morgan fingerprint density at radius 3 is 2.90 bits per heavy atom. The fourth-order valence-electron chi connectivity index (χ4n) is 1.51. The van der Waals surface area contributed by atoms with Crippen molar-refractivity contribution in [1.82, 2.24) is 5.32 Å². The van der Waals surface area contributed by atoms with Gasteiger partial charge in [-0.05, 0) is 32.2 Å². The van der Waals surface area contributed by atoms with Crippen LogP contribution in [0.15, 0.2) is 0 Å². The first kappa shape index (κ1) is 8.02. The Hall–Kier alpha value is -0.0800. The van der Waals surface area contributed by atoms with Crippen molar-refractivity contribution in [2.24, 2.45) is 0 Å². The molecule has 10 heavy (non-hydrogen) atoms. The summed E-state index contributed by atoms with van der Waals surface area (Å²) >= 11 is 0. The Morgan fingerprint density at radius 2 is 2.30 bits per heavy atom. The third kappa shape index (κ3) is 2.67. The van der Waals surface area contributed by atoms with Crippen molar-refractivity contribution in [3.05, 3.63) is 0 Å². The molecular formula is C8H17NO. The molecule has 0 aromatic carbocycles. The average Bonchev–Trinajstić information content (AvgIpc) is 2.03. The lowest BCUT2D eigenvalue weighted by Crippen LogP contribution is -2.33. The van der Waals surface area contributed by atoms with E-state index in [4.69, 9.17) is 5.11 Å². The van der Waals surface area contributed by atoms with E-state index in [2.05, 4.69) is 5.32 Å². The van der Waals surface area contributed by atoms with Crippen LogP contribution < -0.4 is 5.32 Å². The first-order valence-corrected chi connectivity index (χ1v) is 4.27. The van der Waals surface area contributed by atoms with Crippen LogP contribution in [-0.4, -0.2) is 24.3 Å². The minimum absolute atomic E-state index is 0.345. The second-order valence-corrected chi connectivity index (χ2v) is 3.01. The molecular weight excluding hydrogens is 126 g/mol. The molecule has 2 N–H and O–H groups in total. The summed E-state index contributed by atoms with van der Waals surface area (Å²) in [5, 5.41) is 12.0. The van der Waals surface area contributed by atoms with Crippen LogP contribution in [0.2, 0.25) is 0 Å². The molecule has 2 nitrogen and oxygen atoms in total. The molecule has 1 aliphatic rings. The zero-order valence-corrected chi connectivity index (χ0v) is 6.47. The minimum atomic E-state index is 0.345. The SMILES string of the molecule is OCCC[C@H]1CCCCN1. The summed E-state index contributed by atoms with van der Waals surface area (Å²) in [6, 6.07) is 0.695.